The molecule has 2 rings (SSSR count). The van der Waals surface area contributed by atoms with Gasteiger partial charge in [-0.15, -0.1) is 0 Å². The normalized spacial score (nSPS) is 10.4. The first-order valence-electron chi connectivity index (χ1n) is 6.05. The molecule has 0 amide bonds. The first kappa shape index (κ1) is 13.1. The average Bonchev–Trinajstić information content (AvgIpc) is 2.79. The third-order valence-electron chi connectivity index (χ3n) is 3.01. The fourth-order valence-electron chi connectivity index (χ4n) is 1.95. The summed E-state index contributed by atoms with van der Waals surface area (Å²) in [6.07, 6.45) is 2.64. The van der Waals surface area contributed by atoms with Gasteiger partial charge in [-0.25, -0.2) is 0 Å². The maximum Gasteiger partial charge on any atom is 0.184 e. The molecule has 100 valence electrons. The molecule has 1 heterocycles. The molecule has 0 fully saturated rings. The van der Waals surface area contributed by atoms with E-state index in [4.69, 9.17) is 10.5 Å². The number of carbonyl (C=O) groups is 1. The minimum Gasteiger partial charge on any atom is -0.493 e. The predicted octanol–water partition coefficient (Wildman–Crippen LogP) is 1.83. The highest BCUT2D eigenvalue weighted by Gasteiger charge is 2.17. The van der Waals surface area contributed by atoms with Crippen LogP contribution in [0.25, 0.3) is 0 Å². The summed E-state index contributed by atoms with van der Waals surface area (Å²) in [7, 11) is 3.27. The Morgan fingerprint density at radius 2 is 2.05 bits per heavy atom. The molecule has 1 aromatic heterocycles. The Kier molecular flexibility index (Phi) is 3.85. The number of nitrogens with zero attached hydrogens (tertiary/aromatic N) is 2. The number of Topliss-reactive ketones (excluding diaryl/α,β-unsaturated/α-hetero) is 1. The number of benzene rings is 1. The van der Waals surface area contributed by atoms with E-state index in [1.54, 1.807) is 17.9 Å². The molecule has 0 aliphatic carbocycles. The second kappa shape index (κ2) is 5.56. The van der Waals surface area contributed by atoms with E-state index in [0.717, 1.165) is 11.3 Å². The van der Waals surface area contributed by atoms with Crippen LogP contribution in [0.1, 0.15) is 22.5 Å². The van der Waals surface area contributed by atoms with Crippen molar-refractivity contribution in [3.05, 3.63) is 41.7 Å². The Morgan fingerprint density at radius 3 is 2.68 bits per heavy atom. The van der Waals surface area contributed by atoms with E-state index in [1.807, 2.05) is 24.3 Å². The topological polar surface area (TPSA) is 70.1 Å². The van der Waals surface area contributed by atoms with Crippen molar-refractivity contribution < 1.29 is 9.53 Å². The van der Waals surface area contributed by atoms with Crippen LogP contribution in [0.15, 0.2) is 30.5 Å². The van der Waals surface area contributed by atoms with Crippen LogP contribution < -0.4 is 10.5 Å². The molecule has 0 unspecified atom stereocenters. The van der Waals surface area contributed by atoms with Crippen molar-refractivity contribution in [2.45, 2.75) is 12.8 Å². The van der Waals surface area contributed by atoms with Crippen LogP contribution in [0.3, 0.4) is 0 Å². The van der Waals surface area contributed by atoms with E-state index in [1.165, 1.54) is 7.11 Å². The van der Waals surface area contributed by atoms with Gasteiger partial charge in [0.1, 0.15) is 5.69 Å². The molecular formula is C14H17N3O2. The van der Waals surface area contributed by atoms with Gasteiger partial charge in [-0.2, -0.15) is 5.10 Å². The fourth-order valence-corrected chi connectivity index (χ4v) is 1.95. The fraction of sp³-hybridized carbons (Fsp3) is 0.286. The molecule has 0 saturated heterocycles. The van der Waals surface area contributed by atoms with E-state index >= 15 is 0 Å². The lowest BCUT2D eigenvalue weighted by Crippen LogP contribution is -2.09. The minimum absolute atomic E-state index is 0.0219. The molecule has 0 saturated carbocycles. The smallest absolute Gasteiger partial charge is 0.184 e. The van der Waals surface area contributed by atoms with Gasteiger partial charge in [-0.3, -0.25) is 9.48 Å². The molecule has 2 aromatic rings. The summed E-state index contributed by atoms with van der Waals surface area (Å²) in [4.78, 5) is 12.2. The molecule has 2 N–H and O–H groups in total. The first-order chi connectivity index (χ1) is 9.11. The van der Waals surface area contributed by atoms with E-state index in [9.17, 15) is 4.79 Å². The molecule has 19 heavy (non-hydrogen) atoms. The van der Waals surface area contributed by atoms with Crippen molar-refractivity contribution in [1.29, 1.82) is 0 Å². The Bertz CT molecular complexity index is 573. The second-order valence-corrected chi connectivity index (χ2v) is 4.35. The number of anilines is 1. The van der Waals surface area contributed by atoms with Crippen LogP contribution in [-0.2, 0) is 13.5 Å². The molecule has 0 atom stereocenters. The molecule has 5 heteroatoms. The van der Waals surface area contributed by atoms with Gasteiger partial charge in [0, 0.05) is 19.2 Å². The SMILES string of the molecule is COc1cnn(C)c1C(=O)CCc1ccc(N)cc1. The highest BCUT2D eigenvalue weighted by atomic mass is 16.5. The minimum atomic E-state index is 0.0219. The van der Waals surface area contributed by atoms with Crippen LogP contribution in [0, 0.1) is 0 Å². The summed E-state index contributed by atoms with van der Waals surface area (Å²) >= 11 is 0. The number of carbonyl (C=O) groups excluding carboxylic acids is 1. The van der Waals surface area contributed by atoms with Gasteiger partial charge in [0.05, 0.1) is 13.3 Å². The Morgan fingerprint density at radius 1 is 1.37 bits per heavy atom. The summed E-state index contributed by atoms with van der Waals surface area (Å²) in [5.41, 5.74) is 7.95. The van der Waals surface area contributed by atoms with E-state index in [2.05, 4.69) is 5.10 Å². The predicted molar refractivity (Wildman–Crippen MR) is 73.3 cm³/mol. The van der Waals surface area contributed by atoms with E-state index in [-0.39, 0.29) is 5.78 Å². The van der Waals surface area contributed by atoms with Crippen LogP contribution in [0.2, 0.25) is 0 Å². The highest BCUT2D eigenvalue weighted by Crippen LogP contribution is 2.19. The number of nitrogen functional groups attached to an aromatic ring is 1. The van der Waals surface area contributed by atoms with Gasteiger partial charge in [0.2, 0.25) is 0 Å². The molecule has 0 spiro atoms. The number of rotatable bonds is 5. The Labute approximate surface area is 112 Å². The van der Waals surface area contributed by atoms with Crippen molar-refractivity contribution in [2.75, 3.05) is 12.8 Å². The first-order valence-corrected chi connectivity index (χ1v) is 6.05. The number of ketones is 1. The Hall–Kier alpha value is -2.30. The number of hydrogen-bond acceptors (Lipinski definition) is 4. The zero-order valence-corrected chi connectivity index (χ0v) is 11.1. The van der Waals surface area contributed by atoms with E-state index in [0.29, 0.717) is 24.3 Å². The summed E-state index contributed by atoms with van der Waals surface area (Å²) in [6.45, 7) is 0. The van der Waals surface area contributed by atoms with Crippen LogP contribution in [0.4, 0.5) is 5.69 Å². The lowest BCUT2D eigenvalue weighted by molar-refractivity contribution is 0.0970. The van der Waals surface area contributed by atoms with E-state index < -0.39 is 0 Å². The Balaban J connectivity index is 2.05. The second-order valence-electron chi connectivity index (χ2n) is 4.35. The third-order valence-corrected chi connectivity index (χ3v) is 3.01. The van der Waals surface area contributed by atoms with Crippen LogP contribution >= 0.6 is 0 Å². The average molecular weight is 259 g/mol. The zero-order chi connectivity index (χ0) is 13.8. The molecular weight excluding hydrogens is 242 g/mol. The molecule has 0 radical (unpaired) electrons. The quantitative estimate of drug-likeness (QED) is 0.657. The van der Waals surface area contributed by atoms with Crippen molar-refractivity contribution in [1.82, 2.24) is 9.78 Å². The van der Waals surface area contributed by atoms with Gasteiger partial charge >= 0.3 is 0 Å². The molecule has 0 aliphatic rings. The van der Waals surface area contributed by atoms with Gasteiger partial charge in [-0.05, 0) is 24.1 Å². The maximum atomic E-state index is 12.2. The standard InChI is InChI=1S/C14H17N3O2/c1-17-14(13(19-2)9-16-17)12(18)8-5-10-3-6-11(15)7-4-10/h3-4,6-7,9H,5,8,15H2,1-2H3. The number of aromatic nitrogens is 2. The summed E-state index contributed by atoms with van der Waals surface area (Å²) in [5, 5.41) is 4.03. The number of ether oxygens (including phenoxy) is 1. The number of aryl methyl sites for hydroxylation is 2. The van der Waals surface area contributed by atoms with Crippen molar-refractivity contribution in [3.8, 4) is 5.75 Å². The number of nitrogens with two attached hydrogens (primary N) is 1. The summed E-state index contributed by atoms with van der Waals surface area (Å²) < 4.78 is 6.68. The van der Waals surface area contributed by atoms with Crippen molar-refractivity contribution >= 4 is 11.5 Å². The third kappa shape index (κ3) is 2.93. The monoisotopic (exact) mass is 259 g/mol. The highest BCUT2D eigenvalue weighted by molar-refractivity contribution is 5.97. The molecule has 5 nitrogen and oxygen atoms in total. The number of hydrogen-bond donors (Lipinski definition) is 1. The van der Waals surface area contributed by atoms with Crippen molar-refractivity contribution in [3.63, 3.8) is 0 Å². The van der Waals surface area contributed by atoms with Gasteiger partial charge in [-0.1, -0.05) is 12.1 Å². The lowest BCUT2D eigenvalue weighted by atomic mass is 10.1. The van der Waals surface area contributed by atoms with Gasteiger partial charge in [0.25, 0.3) is 0 Å². The molecule has 0 bridgehead atoms. The van der Waals surface area contributed by atoms with Crippen molar-refractivity contribution in [2.24, 2.45) is 7.05 Å². The maximum absolute atomic E-state index is 12.2. The van der Waals surface area contributed by atoms with Crippen LogP contribution in [-0.4, -0.2) is 22.7 Å². The van der Waals surface area contributed by atoms with Gasteiger partial charge in [0.15, 0.2) is 11.5 Å². The summed E-state index contributed by atoms with van der Waals surface area (Å²) in [6, 6.07) is 7.54. The largest absolute Gasteiger partial charge is 0.493 e. The van der Waals surface area contributed by atoms with Gasteiger partial charge < -0.3 is 10.5 Å². The molecule has 1 aromatic carbocycles. The lowest BCUT2D eigenvalue weighted by Gasteiger charge is -2.05. The van der Waals surface area contributed by atoms with Crippen LogP contribution in [0.5, 0.6) is 5.75 Å². The molecule has 0 aliphatic heterocycles. The zero-order valence-electron chi connectivity index (χ0n) is 11.1. The number of methoxy groups -OCH3 is 1. The summed E-state index contributed by atoms with van der Waals surface area (Å²) in [5.74, 6) is 0.540.